The number of allylic oxidation sites excluding steroid dienone is 2. The summed E-state index contributed by atoms with van der Waals surface area (Å²) < 4.78 is 121. The number of nitrogens with zero attached hydrogens (tertiary/aromatic N) is 13. The van der Waals surface area contributed by atoms with Crippen LogP contribution >= 0.6 is 0 Å². The van der Waals surface area contributed by atoms with Gasteiger partial charge < -0.3 is 71.5 Å². The van der Waals surface area contributed by atoms with Gasteiger partial charge in [-0.05, 0) is 261 Å². The molecule has 3 amide bonds. The van der Waals surface area contributed by atoms with Gasteiger partial charge in [0.2, 0.25) is 20.0 Å². The van der Waals surface area contributed by atoms with E-state index in [9.17, 15) is 58.4 Å². The first-order chi connectivity index (χ1) is 65.9. The molecule has 31 nitrogen and oxygen atoms in total. The van der Waals surface area contributed by atoms with Crippen molar-refractivity contribution in [3.05, 3.63) is 164 Å². The predicted octanol–water partition coefficient (Wildman–Crippen LogP) is 14.7. The predicted molar refractivity (Wildman–Crippen MR) is 528 cm³/mol. The van der Waals surface area contributed by atoms with E-state index in [0.29, 0.717) is 66.2 Å². The molecular weight excluding hydrogens is 1810 g/mol. The number of amides is 3. The number of aromatic carboxylic acids is 1. The summed E-state index contributed by atoms with van der Waals surface area (Å²) in [6.45, 7) is 18.6. The molecule has 5 aromatic heterocycles. The lowest BCUT2D eigenvalue weighted by molar-refractivity contribution is -0.480. The van der Waals surface area contributed by atoms with Gasteiger partial charge in [-0.15, -0.1) is 5.10 Å². The number of carboxylic acid groups (broad SMARTS) is 1. The Labute approximate surface area is 803 Å². The highest BCUT2D eigenvalue weighted by atomic mass is 32.2. The van der Waals surface area contributed by atoms with Crippen LogP contribution in [0, 0.1) is 13.8 Å². The van der Waals surface area contributed by atoms with Crippen molar-refractivity contribution in [2.24, 2.45) is 0 Å². The lowest BCUT2D eigenvalue weighted by Crippen LogP contribution is -2.46. The molecule has 4 atom stereocenters. The summed E-state index contributed by atoms with van der Waals surface area (Å²) in [6.07, 6.45) is 24.0. The smallest absolute Gasteiger partial charge is 0.497 e. The number of morpholine rings is 1. The number of aryl methyl sites for hydroxylation is 2. The van der Waals surface area contributed by atoms with E-state index < -0.39 is 55.6 Å². The number of fused-ring (bicyclic) bond motifs is 15. The average molecular weight is 1940 g/mol. The number of carbonyl (C=O) groups excluding carboxylic acids is 3. The van der Waals surface area contributed by atoms with Gasteiger partial charge in [0, 0.05) is 107 Å². The first kappa shape index (κ1) is 99.7. The van der Waals surface area contributed by atoms with E-state index >= 15 is 0 Å². The number of sulfonamides is 2. The summed E-state index contributed by atoms with van der Waals surface area (Å²) in [5.41, 5.74) is 17.8. The van der Waals surface area contributed by atoms with Gasteiger partial charge in [0.15, 0.2) is 0 Å². The Balaban J connectivity index is 0.000000147. The molecule has 0 spiro atoms. The molecule has 4 bridgehead atoms. The molecule has 0 radical (unpaired) electrons. The lowest BCUT2D eigenvalue weighted by atomic mass is 9.81. The monoisotopic (exact) mass is 1940 g/mol. The topological polar surface area (TPSA) is 343 Å². The number of methoxy groups -OCH3 is 2. The van der Waals surface area contributed by atoms with E-state index in [0.717, 1.165) is 236 Å². The number of para-hydroxylation sites is 1. The number of amidine groups is 1. The number of halogens is 4. The Morgan fingerprint density at radius 1 is 0.572 bits per heavy atom. The molecule has 10 aromatic rings. The number of piperazine rings is 2. The molecule has 0 unspecified atom stereocenters. The zero-order valence-corrected chi connectivity index (χ0v) is 82.7. The van der Waals surface area contributed by atoms with Gasteiger partial charge in [-0.3, -0.25) is 28.6 Å². The maximum absolute atomic E-state index is 14.7. The van der Waals surface area contributed by atoms with Crippen molar-refractivity contribution < 1.29 is 82.0 Å². The highest BCUT2D eigenvalue weighted by Crippen LogP contribution is 2.52. The molecule has 138 heavy (non-hydrogen) atoms. The number of ether oxygens (including phenoxy) is 3. The second-order valence-electron chi connectivity index (χ2n) is 39.0. The van der Waals surface area contributed by atoms with Gasteiger partial charge >= 0.3 is 19.2 Å². The summed E-state index contributed by atoms with van der Waals surface area (Å²) in [6, 6.07) is 34.1. The van der Waals surface area contributed by atoms with Crippen LogP contribution in [0.5, 0.6) is 11.5 Å². The standard InChI is InChI=1S/C42H50N6O5S.C37H42N4O6S.C11H16N5O.C5H10N2.C5H11NO.BF4/c1-24(2)54(51,52)45-41(49)27-13-15-35-36(19-27)47-22-29(17-28-18-33(53-4)14-16-34(28)40(47)38(35)26-9-6-5-7-10-26)39-37(25(3)44-48(39)31-11-8-12-31)42(50)46-23-30-20-32(46)21-43-30;1-21(2)48(45,46)39-36(42)24-13-15-30-31(19-24)40-20-26(34-32(37(43)44)22(3)38-41(34)27-11-8-12-27)17-25-18-28(47-4)14-16-29(25)35(40)33(30)23-9-6-5-7-10-23;1-14(2)11(15(3)4)17-16-10-8-6-5-7-9(10)12-13-16;1-4-2-6-5(1)3-7-4;1-6-2-4-7-5-3-6;2-1(3,4)5/h13-19,24,26,30-32,43H,5-12,20-23H2,1-4H3,(H,45,49);13-19,21,23,27H,5-12,20H2,1-4H3,(H,39,42)(H,43,44);5-8H,1-4H3;4-7H,1-3H2;2-5H2,1H3;/q;;+1;;;-1/t30-,32-;;;4-,5-;;/m0..0../s1. The molecule has 7 aliphatic heterocycles. The molecule has 11 aliphatic rings. The van der Waals surface area contributed by atoms with Crippen molar-refractivity contribution in [1.82, 2.24) is 83.9 Å². The van der Waals surface area contributed by atoms with Crippen LogP contribution in [0.25, 0.3) is 78.7 Å². The van der Waals surface area contributed by atoms with Crippen LogP contribution in [-0.4, -0.2) is 259 Å². The zero-order valence-electron chi connectivity index (χ0n) is 81.0. The van der Waals surface area contributed by atoms with E-state index in [-0.39, 0.29) is 40.7 Å². The number of nitrogens with one attached hydrogen (secondary N) is 5. The van der Waals surface area contributed by atoms with Crippen LogP contribution in [0.2, 0.25) is 0 Å². The second kappa shape index (κ2) is 42.0. The third-order valence-electron chi connectivity index (χ3n) is 28.5. The van der Waals surface area contributed by atoms with Crippen LogP contribution in [0.4, 0.5) is 17.3 Å². The van der Waals surface area contributed by atoms with Crippen LogP contribution < -0.4 is 39.7 Å². The Hall–Kier alpha value is -11.3. The Morgan fingerprint density at radius 2 is 1.04 bits per heavy atom. The van der Waals surface area contributed by atoms with E-state index in [1.54, 1.807) is 53.2 Å². The number of rotatable bonds is 17. The third kappa shape index (κ3) is 21.5. The van der Waals surface area contributed by atoms with Gasteiger partial charge in [0.05, 0.1) is 131 Å². The zero-order chi connectivity index (χ0) is 98.1. The fraction of sp³-hybridized carbons (Fsp3) is 0.510. The van der Waals surface area contributed by atoms with E-state index in [4.69, 9.17) is 29.2 Å². The highest BCUT2D eigenvalue weighted by molar-refractivity contribution is 7.90. The molecule has 5 saturated heterocycles. The number of likely N-dealkylation sites (N-methyl/N-ethyl adjacent to an activating group) is 1. The highest BCUT2D eigenvalue weighted by Gasteiger charge is 2.45. The minimum atomic E-state index is -6.00. The average Bonchev–Trinajstić information content (AvgIpc) is 1.57. The minimum Gasteiger partial charge on any atom is -0.497 e. The third-order valence-corrected chi connectivity index (χ3v) is 32.0. The Morgan fingerprint density at radius 3 is 1.42 bits per heavy atom. The first-order valence-corrected chi connectivity index (χ1v) is 51.5. The fourth-order valence-electron chi connectivity index (χ4n) is 20.9. The SMILES string of the molecule is C1N[C@@H]2CN[C@H]1C2.CN(C)C(On1nnc2ccccc21)=[N+](C)C.CN1CCOCC1.COc1ccc2c(c1)C=C(c1c(C(=O)N3C[C@@H]4C[C@H]3CN4)c(C)nn1C1CCC1)Cn1c-2c(C2CCCCC2)c2ccc(C(=O)NS(=O)(=O)C(C)C)cc21.COc1ccc2c(c1)C=C(c1c(C(=O)O)c(C)nn1C1CCC1)Cn1c-2c(C2CCCCC2)c2ccc(C(=O)NS(=O)(=O)C(C)C)cc21.F[B-](F)(F)F. The molecule has 38 heteroatoms. The fourth-order valence-corrected chi connectivity index (χ4v) is 22.1. The van der Waals surface area contributed by atoms with Crippen LogP contribution in [0.15, 0.2) is 97.1 Å². The van der Waals surface area contributed by atoms with Gasteiger partial charge in [-0.2, -0.15) is 10.2 Å². The lowest BCUT2D eigenvalue weighted by Gasteiger charge is -2.30. The Bertz CT molecular complexity index is 6540. The van der Waals surface area contributed by atoms with Crippen molar-refractivity contribution in [2.45, 2.75) is 229 Å². The van der Waals surface area contributed by atoms with Gasteiger partial charge in [0.25, 0.3) is 17.7 Å². The number of carboxylic acids is 1. The van der Waals surface area contributed by atoms with Gasteiger partial charge in [-0.25, -0.2) is 40.5 Å². The quantitative estimate of drug-likeness (QED) is 0.0162. The number of carbonyl (C=O) groups is 4. The maximum atomic E-state index is 14.7. The van der Waals surface area contributed by atoms with Crippen molar-refractivity contribution in [3.63, 3.8) is 0 Å². The molecule has 740 valence electrons. The van der Waals surface area contributed by atoms with Crippen LogP contribution in [-0.2, 0) is 37.9 Å². The molecular formula is C100H129BF4N18O13S2. The van der Waals surface area contributed by atoms with Crippen LogP contribution in [0.3, 0.4) is 0 Å². The summed E-state index contributed by atoms with van der Waals surface area (Å²) in [5, 5.41) is 39.3. The number of hydrogen-bond acceptors (Lipinski definition) is 20. The van der Waals surface area contributed by atoms with Crippen molar-refractivity contribution in [1.29, 1.82) is 0 Å². The largest absolute Gasteiger partial charge is 0.673 e. The molecule has 21 rings (SSSR count). The molecule has 9 fully saturated rings. The van der Waals surface area contributed by atoms with Crippen molar-refractivity contribution in [2.75, 3.05) is 102 Å². The van der Waals surface area contributed by atoms with Crippen molar-refractivity contribution >= 4 is 113 Å². The summed E-state index contributed by atoms with van der Waals surface area (Å²) in [4.78, 5) is 67.8. The molecule has 4 saturated carbocycles. The summed E-state index contributed by atoms with van der Waals surface area (Å²) >= 11 is 0. The van der Waals surface area contributed by atoms with Crippen LogP contribution in [0.1, 0.15) is 254 Å². The summed E-state index contributed by atoms with van der Waals surface area (Å²) in [7, 11) is -0.593. The number of aromatic nitrogens is 9. The van der Waals surface area contributed by atoms with Gasteiger partial charge in [0.1, 0.15) is 28.1 Å². The first-order valence-electron chi connectivity index (χ1n) is 48.4. The molecule has 5 aromatic carbocycles. The molecule has 12 heterocycles. The van der Waals surface area contributed by atoms with E-state index in [1.165, 1.54) is 62.2 Å². The van der Waals surface area contributed by atoms with E-state index in [1.807, 2.05) is 110 Å². The number of benzene rings is 5. The molecule has 4 aliphatic carbocycles. The minimum absolute atomic E-state index is 0.0453. The maximum Gasteiger partial charge on any atom is 0.673 e. The Kier molecular flexibility index (Phi) is 30.4. The van der Waals surface area contributed by atoms with Gasteiger partial charge in [-0.1, -0.05) is 67.6 Å². The summed E-state index contributed by atoms with van der Waals surface area (Å²) in [5.74, 6) is -0.225. The number of hydrogen-bond donors (Lipinski definition) is 6. The van der Waals surface area contributed by atoms with Crippen molar-refractivity contribution in [3.8, 4) is 34.0 Å². The number of likely N-dealkylation sites (tertiary alicyclic amines) is 1. The molecule has 6 N–H and O–H groups in total. The normalized spacial score (nSPS) is 19.7. The van der Waals surface area contributed by atoms with E-state index in [2.05, 4.69) is 96.7 Å². The second-order valence-corrected chi connectivity index (χ2v) is 43.5.